The van der Waals surface area contributed by atoms with E-state index in [2.05, 4.69) is 9.88 Å². The van der Waals surface area contributed by atoms with Crippen LogP contribution in [0.3, 0.4) is 0 Å². The number of nitriles is 1. The number of benzene rings is 2. The van der Waals surface area contributed by atoms with Crippen molar-refractivity contribution in [2.45, 2.75) is 25.2 Å². The number of aryl methyl sites for hydroxylation is 1. The predicted molar refractivity (Wildman–Crippen MR) is 98.0 cm³/mol. The molecule has 0 radical (unpaired) electrons. The summed E-state index contributed by atoms with van der Waals surface area (Å²) in [7, 11) is -3.99. The van der Waals surface area contributed by atoms with Gasteiger partial charge in [-0.25, -0.2) is 13.1 Å². The molecule has 0 saturated heterocycles. The Bertz CT molecular complexity index is 1080. The van der Waals surface area contributed by atoms with E-state index in [1.165, 1.54) is 0 Å². The van der Waals surface area contributed by atoms with E-state index in [1.807, 2.05) is 36.4 Å². The van der Waals surface area contributed by atoms with Crippen LogP contribution in [0.1, 0.15) is 16.8 Å². The topological polar surface area (TPSA) is 96.0 Å². The smallest absolute Gasteiger partial charge is 0.265 e. The highest BCUT2D eigenvalue weighted by Gasteiger charge is 2.26. The Balaban J connectivity index is 2.18. The number of nitrogens with zero attached hydrogens (tertiary/aromatic N) is 2. The lowest BCUT2D eigenvalue weighted by molar-refractivity contribution is 0.430. The summed E-state index contributed by atoms with van der Waals surface area (Å²) in [6.45, 7) is 3.46. The quantitative estimate of drug-likeness (QED) is 0.739. The molecule has 0 fully saturated rings. The van der Waals surface area contributed by atoms with Crippen molar-refractivity contribution in [3.63, 3.8) is 0 Å². The van der Waals surface area contributed by atoms with Gasteiger partial charge in [0.15, 0.2) is 0 Å². The van der Waals surface area contributed by atoms with Gasteiger partial charge in [-0.15, -0.1) is 0 Å². The van der Waals surface area contributed by atoms with Crippen LogP contribution in [0.15, 0.2) is 57.9 Å². The Labute approximate surface area is 152 Å². The van der Waals surface area contributed by atoms with Crippen LogP contribution in [0.4, 0.5) is 5.88 Å². The van der Waals surface area contributed by atoms with Crippen molar-refractivity contribution >= 4 is 15.9 Å². The molecule has 1 N–H and O–H groups in total. The van der Waals surface area contributed by atoms with E-state index in [0.717, 1.165) is 5.56 Å². The van der Waals surface area contributed by atoms with E-state index < -0.39 is 10.0 Å². The van der Waals surface area contributed by atoms with Crippen molar-refractivity contribution in [1.29, 1.82) is 5.26 Å². The molecule has 7 heteroatoms. The molecule has 0 atom stereocenters. The monoisotopic (exact) mass is 367 g/mol. The maximum Gasteiger partial charge on any atom is 0.265 e. The zero-order valence-electron chi connectivity index (χ0n) is 14.4. The fourth-order valence-electron chi connectivity index (χ4n) is 2.66. The number of sulfonamides is 1. The van der Waals surface area contributed by atoms with Gasteiger partial charge in [0.25, 0.3) is 10.0 Å². The van der Waals surface area contributed by atoms with Gasteiger partial charge in [0.1, 0.15) is 0 Å². The number of anilines is 1. The minimum absolute atomic E-state index is 0.0225. The fraction of sp³-hybridized carbons (Fsp3) is 0.158. The lowest BCUT2D eigenvalue weighted by atomic mass is 10.0. The minimum Gasteiger partial charge on any atom is -0.337 e. The first kappa shape index (κ1) is 17.7. The van der Waals surface area contributed by atoms with Crippen LogP contribution in [0.5, 0.6) is 0 Å². The molecular formula is C19H17N3O3S. The van der Waals surface area contributed by atoms with Crippen LogP contribution >= 0.6 is 0 Å². The first-order valence-electron chi connectivity index (χ1n) is 7.94. The normalized spacial score (nSPS) is 11.1. The molecule has 132 valence electrons. The number of rotatable bonds is 5. The standard InChI is InChI=1S/C19H17N3O3S/c1-13-14(2)21-25-19(13)22-26(23,24)18-16(11-12-20)9-6-10-17(18)15-7-4-3-5-8-15/h3-10,22H,11H2,1-2H3. The molecule has 0 unspecified atom stereocenters. The van der Waals surface area contributed by atoms with Gasteiger partial charge in [0.05, 0.1) is 23.1 Å². The first-order chi connectivity index (χ1) is 12.4. The third-order valence-electron chi connectivity index (χ3n) is 4.10. The summed E-state index contributed by atoms with van der Waals surface area (Å²) in [6, 6.07) is 16.3. The Morgan fingerprint density at radius 1 is 1.12 bits per heavy atom. The molecule has 3 rings (SSSR count). The van der Waals surface area contributed by atoms with Gasteiger partial charge in [-0.3, -0.25) is 0 Å². The highest BCUT2D eigenvalue weighted by atomic mass is 32.2. The molecule has 0 spiro atoms. The molecule has 3 aromatic rings. The van der Waals surface area contributed by atoms with Crippen molar-refractivity contribution in [2.24, 2.45) is 0 Å². The molecule has 26 heavy (non-hydrogen) atoms. The number of hydrogen-bond donors (Lipinski definition) is 1. The van der Waals surface area contributed by atoms with E-state index in [4.69, 9.17) is 9.78 Å². The van der Waals surface area contributed by atoms with E-state index in [-0.39, 0.29) is 17.2 Å². The van der Waals surface area contributed by atoms with E-state index in [0.29, 0.717) is 22.4 Å². The molecule has 0 aliphatic carbocycles. The van der Waals surface area contributed by atoms with Crippen molar-refractivity contribution in [3.05, 3.63) is 65.4 Å². The Morgan fingerprint density at radius 3 is 2.46 bits per heavy atom. The second kappa shape index (κ2) is 7.02. The van der Waals surface area contributed by atoms with Crippen molar-refractivity contribution in [2.75, 3.05) is 4.72 Å². The van der Waals surface area contributed by atoms with Gasteiger partial charge in [-0.05, 0) is 25.0 Å². The van der Waals surface area contributed by atoms with Gasteiger partial charge in [-0.2, -0.15) is 5.26 Å². The molecule has 1 aromatic heterocycles. The van der Waals surface area contributed by atoms with Gasteiger partial charge < -0.3 is 4.52 Å². The zero-order chi connectivity index (χ0) is 18.7. The van der Waals surface area contributed by atoms with Crippen molar-refractivity contribution in [1.82, 2.24) is 5.16 Å². The lowest BCUT2D eigenvalue weighted by Crippen LogP contribution is -2.16. The first-order valence-corrected chi connectivity index (χ1v) is 9.42. The molecule has 0 saturated carbocycles. The van der Waals surface area contributed by atoms with Crippen LogP contribution in [0.25, 0.3) is 11.1 Å². The molecule has 0 bridgehead atoms. The molecule has 0 aliphatic heterocycles. The van der Waals surface area contributed by atoms with Crippen LogP contribution in [-0.2, 0) is 16.4 Å². The predicted octanol–water partition coefficient (Wildman–Crippen LogP) is 3.83. The molecular weight excluding hydrogens is 350 g/mol. The fourth-order valence-corrected chi connectivity index (χ4v) is 4.15. The third kappa shape index (κ3) is 3.32. The third-order valence-corrected chi connectivity index (χ3v) is 5.58. The summed E-state index contributed by atoms with van der Waals surface area (Å²) in [5.41, 5.74) is 2.93. The summed E-state index contributed by atoms with van der Waals surface area (Å²) >= 11 is 0. The number of nitrogens with one attached hydrogen (secondary N) is 1. The summed E-state index contributed by atoms with van der Waals surface area (Å²) in [4.78, 5) is 0.0706. The Morgan fingerprint density at radius 2 is 1.85 bits per heavy atom. The van der Waals surface area contributed by atoms with E-state index in [1.54, 1.807) is 32.0 Å². The van der Waals surface area contributed by atoms with Crippen LogP contribution in [0, 0.1) is 25.2 Å². The average Bonchev–Trinajstić information content (AvgIpc) is 2.94. The largest absolute Gasteiger partial charge is 0.337 e. The zero-order valence-corrected chi connectivity index (χ0v) is 15.2. The van der Waals surface area contributed by atoms with E-state index in [9.17, 15) is 8.42 Å². The molecule has 1 heterocycles. The maximum atomic E-state index is 13.1. The highest BCUT2D eigenvalue weighted by molar-refractivity contribution is 7.93. The van der Waals surface area contributed by atoms with Gasteiger partial charge >= 0.3 is 0 Å². The van der Waals surface area contributed by atoms with Gasteiger partial charge in [0, 0.05) is 11.1 Å². The summed E-state index contributed by atoms with van der Waals surface area (Å²) in [6.07, 6.45) is -0.0225. The second-order valence-electron chi connectivity index (χ2n) is 5.82. The number of aromatic nitrogens is 1. The molecule has 0 aliphatic rings. The Kier molecular flexibility index (Phi) is 4.78. The SMILES string of the molecule is Cc1noc(NS(=O)(=O)c2c(CC#N)cccc2-c2ccccc2)c1C. The summed E-state index contributed by atoms with van der Waals surface area (Å²) < 4.78 is 33.8. The van der Waals surface area contributed by atoms with Crippen LogP contribution in [-0.4, -0.2) is 13.6 Å². The highest BCUT2D eigenvalue weighted by Crippen LogP contribution is 2.32. The van der Waals surface area contributed by atoms with Gasteiger partial charge in [-0.1, -0.05) is 53.7 Å². The summed E-state index contributed by atoms with van der Waals surface area (Å²) in [5.74, 6) is 0.0771. The van der Waals surface area contributed by atoms with E-state index >= 15 is 0 Å². The maximum absolute atomic E-state index is 13.1. The molecule has 6 nitrogen and oxygen atoms in total. The molecule has 0 amide bonds. The Hall–Kier alpha value is -3.11. The molecule has 2 aromatic carbocycles. The van der Waals surface area contributed by atoms with Crippen molar-refractivity contribution < 1.29 is 12.9 Å². The lowest BCUT2D eigenvalue weighted by Gasteiger charge is -2.15. The number of hydrogen-bond acceptors (Lipinski definition) is 5. The second-order valence-corrected chi connectivity index (χ2v) is 7.44. The minimum atomic E-state index is -3.99. The van der Waals surface area contributed by atoms with Crippen molar-refractivity contribution in [3.8, 4) is 17.2 Å². The van der Waals surface area contributed by atoms with Crippen LogP contribution in [0.2, 0.25) is 0 Å². The average molecular weight is 367 g/mol. The van der Waals surface area contributed by atoms with Crippen LogP contribution < -0.4 is 4.72 Å². The summed E-state index contributed by atoms with van der Waals surface area (Å²) in [5, 5.41) is 12.9. The van der Waals surface area contributed by atoms with Gasteiger partial charge in [0.2, 0.25) is 5.88 Å².